The average molecular weight is 515 g/mol. The van der Waals surface area contributed by atoms with Gasteiger partial charge in [-0.3, -0.25) is 19.4 Å². The number of ether oxygens (including phenoxy) is 2. The van der Waals surface area contributed by atoms with E-state index in [0.717, 1.165) is 11.1 Å². The molecular weight excluding hydrogens is 484 g/mol. The van der Waals surface area contributed by atoms with Crippen LogP contribution in [0.5, 0.6) is 11.5 Å². The number of amides is 3. The van der Waals surface area contributed by atoms with Gasteiger partial charge >= 0.3 is 0 Å². The standard InChI is InChI=1S/C29H30N4O5/c1-19-9-10-21-15-26(19)38-22-7-5-6-20(14-22)18-37-25-11-13-33(29(36)23-8-3-4-12-30-23)16-24(25)31-27(34)17-32(2)28(21)35/h3-10,12,14-15,24-25H,11,13,16-18H2,1-2H3,(H,31,34)/t24-,25+/m0/s1. The summed E-state index contributed by atoms with van der Waals surface area (Å²) in [6, 6.07) is 17.6. The van der Waals surface area contributed by atoms with Crippen molar-refractivity contribution in [3.63, 3.8) is 0 Å². The van der Waals surface area contributed by atoms with Crippen LogP contribution in [0.25, 0.3) is 0 Å². The first kappa shape index (κ1) is 25.4. The molecule has 1 fully saturated rings. The van der Waals surface area contributed by atoms with E-state index in [2.05, 4.69) is 10.3 Å². The highest BCUT2D eigenvalue weighted by Gasteiger charge is 2.34. The number of hydrogen-bond acceptors (Lipinski definition) is 6. The zero-order valence-corrected chi connectivity index (χ0v) is 21.4. The van der Waals surface area contributed by atoms with Crippen LogP contribution in [0.1, 0.15) is 38.4 Å². The molecule has 0 saturated carbocycles. The number of likely N-dealkylation sites (N-methyl/N-ethyl adjacent to an activating group) is 1. The third-order valence-corrected chi connectivity index (χ3v) is 6.82. The lowest BCUT2D eigenvalue weighted by molar-refractivity contribution is -0.124. The van der Waals surface area contributed by atoms with Gasteiger partial charge in [0.1, 0.15) is 17.2 Å². The molecular formula is C29H30N4O5. The monoisotopic (exact) mass is 514 g/mol. The Kier molecular flexibility index (Phi) is 7.37. The molecule has 0 radical (unpaired) electrons. The molecule has 2 aromatic carbocycles. The number of nitrogens with one attached hydrogen (secondary N) is 1. The van der Waals surface area contributed by atoms with E-state index in [1.54, 1.807) is 48.5 Å². The van der Waals surface area contributed by atoms with Gasteiger partial charge in [-0.15, -0.1) is 0 Å². The molecule has 1 aromatic heterocycles. The van der Waals surface area contributed by atoms with Gasteiger partial charge in [0, 0.05) is 31.9 Å². The number of fused-ring (bicyclic) bond motifs is 5. The highest BCUT2D eigenvalue weighted by atomic mass is 16.5. The Labute approximate surface area is 221 Å². The minimum atomic E-state index is -0.453. The maximum absolute atomic E-state index is 13.1. The quantitative estimate of drug-likeness (QED) is 0.535. The van der Waals surface area contributed by atoms with Gasteiger partial charge in [0.2, 0.25) is 5.91 Å². The Morgan fingerprint density at radius 1 is 1.08 bits per heavy atom. The van der Waals surface area contributed by atoms with Crippen LogP contribution in [0.4, 0.5) is 0 Å². The van der Waals surface area contributed by atoms with Gasteiger partial charge in [-0.1, -0.05) is 24.3 Å². The maximum Gasteiger partial charge on any atom is 0.272 e. The van der Waals surface area contributed by atoms with E-state index in [-0.39, 0.29) is 36.9 Å². The van der Waals surface area contributed by atoms with E-state index in [1.165, 1.54) is 4.90 Å². The molecule has 1 saturated heterocycles. The van der Waals surface area contributed by atoms with Crippen molar-refractivity contribution >= 4 is 17.7 Å². The lowest BCUT2D eigenvalue weighted by Gasteiger charge is -2.39. The van der Waals surface area contributed by atoms with E-state index in [0.29, 0.717) is 42.3 Å². The first-order valence-electron chi connectivity index (χ1n) is 12.6. The number of rotatable bonds is 1. The normalized spacial score (nSPS) is 20.3. The lowest BCUT2D eigenvalue weighted by atomic mass is 10.0. The number of aryl methyl sites for hydroxylation is 1. The van der Waals surface area contributed by atoms with Crippen LogP contribution < -0.4 is 10.1 Å². The van der Waals surface area contributed by atoms with Crippen molar-refractivity contribution < 1.29 is 23.9 Å². The molecule has 3 aromatic rings. The number of carbonyl (C=O) groups is 3. The van der Waals surface area contributed by atoms with Crippen molar-refractivity contribution in [2.45, 2.75) is 32.1 Å². The molecule has 2 atom stereocenters. The topological polar surface area (TPSA) is 101 Å². The molecule has 3 amide bonds. The predicted molar refractivity (Wildman–Crippen MR) is 140 cm³/mol. The minimum absolute atomic E-state index is 0.140. The summed E-state index contributed by atoms with van der Waals surface area (Å²) in [4.78, 5) is 46.5. The van der Waals surface area contributed by atoms with E-state index < -0.39 is 6.04 Å². The second-order valence-corrected chi connectivity index (χ2v) is 9.67. The first-order chi connectivity index (χ1) is 18.4. The van der Waals surface area contributed by atoms with E-state index in [4.69, 9.17) is 9.47 Å². The molecule has 4 bridgehead atoms. The van der Waals surface area contributed by atoms with E-state index in [1.807, 2.05) is 37.3 Å². The zero-order valence-electron chi connectivity index (χ0n) is 21.4. The highest BCUT2D eigenvalue weighted by molar-refractivity contribution is 5.97. The zero-order chi connectivity index (χ0) is 26.6. The van der Waals surface area contributed by atoms with Crippen LogP contribution in [-0.4, -0.2) is 71.3 Å². The third-order valence-electron chi connectivity index (χ3n) is 6.82. The summed E-state index contributed by atoms with van der Waals surface area (Å²) in [7, 11) is 1.58. The van der Waals surface area contributed by atoms with Crippen molar-refractivity contribution in [2.75, 3.05) is 26.7 Å². The lowest BCUT2D eigenvalue weighted by Crippen LogP contribution is -2.58. The van der Waals surface area contributed by atoms with Crippen molar-refractivity contribution in [1.29, 1.82) is 0 Å². The fourth-order valence-electron chi connectivity index (χ4n) is 4.74. The highest BCUT2D eigenvalue weighted by Crippen LogP contribution is 2.28. The molecule has 3 heterocycles. The summed E-state index contributed by atoms with van der Waals surface area (Å²) in [5, 5.41) is 3.01. The summed E-state index contributed by atoms with van der Waals surface area (Å²) in [5.74, 6) is 0.389. The number of benzene rings is 2. The van der Waals surface area contributed by atoms with Gasteiger partial charge in [-0.2, -0.15) is 0 Å². The molecule has 38 heavy (non-hydrogen) atoms. The SMILES string of the molecule is Cc1ccc2cc1Oc1cccc(c1)CO[C@@H]1CCN(C(=O)c3ccccn3)C[C@@H]1NC(=O)CN(C)C2=O. The molecule has 0 aliphatic carbocycles. The van der Waals surface area contributed by atoms with Crippen LogP contribution in [0.15, 0.2) is 66.9 Å². The van der Waals surface area contributed by atoms with Gasteiger partial charge in [0.15, 0.2) is 0 Å². The molecule has 1 N–H and O–H groups in total. The Morgan fingerprint density at radius 2 is 1.95 bits per heavy atom. The van der Waals surface area contributed by atoms with Crippen LogP contribution in [0.2, 0.25) is 0 Å². The van der Waals surface area contributed by atoms with Gasteiger partial charge in [0.25, 0.3) is 11.8 Å². The number of pyridine rings is 1. The molecule has 9 heteroatoms. The maximum atomic E-state index is 13.1. The Bertz CT molecular complexity index is 1350. The summed E-state index contributed by atoms with van der Waals surface area (Å²) in [6.45, 7) is 2.84. The summed E-state index contributed by atoms with van der Waals surface area (Å²) >= 11 is 0. The molecule has 0 spiro atoms. The predicted octanol–water partition coefficient (Wildman–Crippen LogP) is 3.18. The van der Waals surface area contributed by atoms with Crippen LogP contribution in [-0.2, 0) is 16.1 Å². The van der Waals surface area contributed by atoms with Gasteiger partial charge in [0.05, 0.1) is 25.3 Å². The van der Waals surface area contributed by atoms with Crippen molar-refractivity contribution in [3.8, 4) is 11.5 Å². The van der Waals surface area contributed by atoms with Gasteiger partial charge in [-0.05, 0) is 60.9 Å². The second kappa shape index (κ2) is 11.0. The Morgan fingerprint density at radius 3 is 2.76 bits per heavy atom. The molecule has 9 nitrogen and oxygen atoms in total. The summed E-state index contributed by atoms with van der Waals surface area (Å²) in [6.07, 6.45) is 1.80. The van der Waals surface area contributed by atoms with E-state index in [9.17, 15) is 14.4 Å². The second-order valence-electron chi connectivity index (χ2n) is 9.67. The fourth-order valence-corrected chi connectivity index (χ4v) is 4.74. The number of hydrogen-bond donors (Lipinski definition) is 1. The Hall–Kier alpha value is -4.24. The molecule has 2 aliphatic heterocycles. The minimum Gasteiger partial charge on any atom is -0.457 e. The number of aromatic nitrogens is 1. The summed E-state index contributed by atoms with van der Waals surface area (Å²) in [5.41, 5.74) is 2.58. The average Bonchev–Trinajstić information content (AvgIpc) is 2.93. The van der Waals surface area contributed by atoms with E-state index >= 15 is 0 Å². The number of carbonyl (C=O) groups excluding carboxylic acids is 3. The molecule has 196 valence electrons. The van der Waals surface area contributed by atoms with Gasteiger partial charge < -0.3 is 24.6 Å². The van der Waals surface area contributed by atoms with Crippen LogP contribution in [0, 0.1) is 6.92 Å². The number of piperidine rings is 1. The van der Waals surface area contributed by atoms with Crippen molar-refractivity contribution in [2.24, 2.45) is 0 Å². The van der Waals surface area contributed by atoms with Crippen LogP contribution >= 0.6 is 0 Å². The summed E-state index contributed by atoms with van der Waals surface area (Å²) < 4.78 is 12.4. The smallest absolute Gasteiger partial charge is 0.272 e. The van der Waals surface area contributed by atoms with Gasteiger partial charge in [-0.25, -0.2) is 0 Å². The first-order valence-corrected chi connectivity index (χ1v) is 12.6. The van der Waals surface area contributed by atoms with Crippen LogP contribution in [0.3, 0.4) is 0 Å². The Balaban J connectivity index is 1.42. The third kappa shape index (κ3) is 5.68. The fraction of sp³-hybridized carbons (Fsp3) is 0.310. The molecule has 0 unspecified atom stereocenters. The largest absolute Gasteiger partial charge is 0.457 e. The number of nitrogens with zero attached hydrogens (tertiary/aromatic N) is 3. The number of likely N-dealkylation sites (tertiary alicyclic amines) is 1. The molecule has 5 rings (SSSR count). The molecule has 2 aliphatic rings. The van der Waals surface area contributed by atoms with Crippen molar-refractivity contribution in [1.82, 2.24) is 20.1 Å². The van der Waals surface area contributed by atoms with Crippen molar-refractivity contribution in [3.05, 3.63) is 89.2 Å².